The Balaban J connectivity index is 0.000000292. The summed E-state index contributed by atoms with van der Waals surface area (Å²) in [4.78, 5) is 0. The normalized spacial score (nSPS) is 18.2. The number of hydrogen-bond donors (Lipinski definition) is 0. The van der Waals surface area contributed by atoms with Gasteiger partial charge in [0, 0.05) is 0 Å². The zero-order valence-electron chi connectivity index (χ0n) is 11.8. The summed E-state index contributed by atoms with van der Waals surface area (Å²) in [6.07, 6.45) is 3.36. The van der Waals surface area contributed by atoms with Gasteiger partial charge >= 0.3 is 26.2 Å². The van der Waals surface area contributed by atoms with Gasteiger partial charge in [-0.15, -0.1) is 6.92 Å². The maximum Gasteiger partial charge on any atom is 2.00 e. The van der Waals surface area contributed by atoms with E-state index in [1.54, 1.807) is 0 Å². The monoisotopic (exact) mass is 304 g/mol. The molecule has 0 aromatic heterocycles. The quantitative estimate of drug-likeness (QED) is 0.607. The van der Waals surface area contributed by atoms with E-state index in [4.69, 9.17) is 0 Å². The van der Waals surface area contributed by atoms with Crippen LogP contribution in [0.3, 0.4) is 0 Å². The summed E-state index contributed by atoms with van der Waals surface area (Å²) < 4.78 is 0. The molecule has 0 aliphatic heterocycles. The van der Waals surface area contributed by atoms with Crippen LogP contribution in [0, 0.1) is 25.8 Å². The molecule has 17 heavy (non-hydrogen) atoms. The Morgan fingerprint density at radius 1 is 1.18 bits per heavy atom. The standard InChI is InChI=1S/C9H13.C7H9.Zr/c1-6-5-7(2)9(4)8(6)3;1-6-3-4-7(2)5-6;/h6H,1-4H3;3-5H,1-2H3;/q2*-1;+2. The Labute approximate surface area is 125 Å². The molecule has 90 valence electrons. The first kappa shape index (κ1) is 16.7. The molecule has 1 atom stereocenters. The van der Waals surface area contributed by atoms with Crippen molar-refractivity contribution in [2.45, 2.75) is 41.5 Å². The van der Waals surface area contributed by atoms with Crippen LogP contribution in [0.1, 0.15) is 38.8 Å². The molecule has 0 fully saturated rings. The fourth-order valence-corrected chi connectivity index (χ4v) is 1.88. The van der Waals surface area contributed by atoms with Crippen LogP contribution in [0.15, 0.2) is 34.9 Å². The Kier molecular flexibility index (Phi) is 7.09. The number of aryl methyl sites for hydroxylation is 2. The van der Waals surface area contributed by atoms with Crippen LogP contribution in [0.25, 0.3) is 0 Å². The van der Waals surface area contributed by atoms with Crippen molar-refractivity contribution in [2.24, 2.45) is 5.92 Å². The Morgan fingerprint density at radius 2 is 1.76 bits per heavy atom. The van der Waals surface area contributed by atoms with E-state index in [1.807, 2.05) is 0 Å². The van der Waals surface area contributed by atoms with Crippen molar-refractivity contribution < 1.29 is 26.2 Å². The van der Waals surface area contributed by atoms with Crippen LogP contribution in [0.5, 0.6) is 0 Å². The summed E-state index contributed by atoms with van der Waals surface area (Å²) in [5.41, 5.74) is 6.96. The molecule has 0 heterocycles. The van der Waals surface area contributed by atoms with Gasteiger partial charge in [0.25, 0.3) is 0 Å². The van der Waals surface area contributed by atoms with E-state index in [-0.39, 0.29) is 26.2 Å². The molecule has 0 saturated carbocycles. The Hall–Kier alpha value is -0.287. The predicted octanol–water partition coefficient (Wildman–Crippen LogP) is 4.74. The molecule has 1 unspecified atom stereocenters. The minimum atomic E-state index is 0. The molecule has 0 amide bonds. The first-order valence-corrected chi connectivity index (χ1v) is 5.89. The van der Waals surface area contributed by atoms with Crippen LogP contribution in [-0.4, -0.2) is 0 Å². The Bertz CT molecular complexity index is 402. The first-order chi connectivity index (χ1) is 7.41. The van der Waals surface area contributed by atoms with Crippen LogP contribution in [0.4, 0.5) is 0 Å². The Morgan fingerprint density at radius 3 is 1.88 bits per heavy atom. The van der Waals surface area contributed by atoms with Crippen LogP contribution < -0.4 is 0 Å². The van der Waals surface area contributed by atoms with Gasteiger partial charge < -0.3 is 0 Å². The maximum atomic E-state index is 3.36. The molecule has 1 aliphatic carbocycles. The third kappa shape index (κ3) is 4.84. The van der Waals surface area contributed by atoms with Gasteiger partial charge in [-0.3, -0.25) is 6.08 Å². The van der Waals surface area contributed by atoms with E-state index in [9.17, 15) is 0 Å². The molecule has 0 nitrogen and oxygen atoms in total. The topological polar surface area (TPSA) is 0 Å². The van der Waals surface area contributed by atoms with Crippen LogP contribution in [0.2, 0.25) is 0 Å². The van der Waals surface area contributed by atoms with Crippen molar-refractivity contribution in [3.63, 3.8) is 0 Å². The van der Waals surface area contributed by atoms with Crippen molar-refractivity contribution in [1.29, 1.82) is 0 Å². The van der Waals surface area contributed by atoms with Crippen LogP contribution in [-0.2, 0) is 26.2 Å². The summed E-state index contributed by atoms with van der Waals surface area (Å²) in [7, 11) is 0. The van der Waals surface area contributed by atoms with Crippen molar-refractivity contribution in [3.05, 3.63) is 52.1 Å². The third-order valence-electron chi connectivity index (χ3n) is 3.30. The van der Waals surface area contributed by atoms with Gasteiger partial charge in [-0.05, 0) is 0 Å². The first-order valence-electron chi connectivity index (χ1n) is 5.89. The second kappa shape index (κ2) is 7.21. The molecular weight excluding hydrogens is 283 g/mol. The van der Waals surface area contributed by atoms with Crippen molar-refractivity contribution in [1.82, 2.24) is 0 Å². The predicted molar refractivity (Wildman–Crippen MR) is 71.5 cm³/mol. The van der Waals surface area contributed by atoms with E-state index in [0.29, 0.717) is 5.92 Å². The van der Waals surface area contributed by atoms with Gasteiger partial charge in [0.05, 0.1) is 0 Å². The van der Waals surface area contributed by atoms with E-state index in [0.717, 1.165) is 0 Å². The summed E-state index contributed by atoms with van der Waals surface area (Å²) in [6.45, 7) is 12.9. The van der Waals surface area contributed by atoms with Gasteiger partial charge in [-0.1, -0.05) is 40.5 Å². The van der Waals surface area contributed by atoms with Crippen molar-refractivity contribution in [2.75, 3.05) is 0 Å². The largest absolute Gasteiger partial charge is 2.00 e. The molecule has 2 rings (SSSR count). The summed E-state index contributed by atoms with van der Waals surface area (Å²) >= 11 is 0. The van der Waals surface area contributed by atoms with Gasteiger partial charge in [0.15, 0.2) is 0 Å². The molecule has 0 saturated heterocycles. The summed E-state index contributed by atoms with van der Waals surface area (Å²) in [5, 5.41) is 0. The summed E-state index contributed by atoms with van der Waals surface area (Å²) in [6, 6.07) is 6.41. The molecule has 1 heteroatoms. The van der Waals surface area contributed by atoms with Gasteiger partial charge in [0.1, 0.15) is 0 Å². The van der Waals surface area contributed by atoms with Crippen molar-refractivity contribution in [3.8, 4) is 0 Å². The smallest absolute Gasteiger partial charge is 0.266 e. The fourth-order valence-electron chi connectivity index (χ4n) is 1.88. The van der Waals surface area contributed by atoms with Gasteiger partial charge in [-0.2, -0.15) is 28.8 Å². The van der Waals surface area contributed by atoms with Crippen LogP contribution >= 0.6 is 0 Å². The average molecular weight is 306 g/mol. The van der Waals surface area contributed by atoms with E-state index >= 15 is 0 Å². The molecule has 1 aliphatic rings. The van der Waals surface area contributed by atoms with Gasteiger partial charge in [-0.25, -0.2) is 17.2 Å². The zero-order valence-corrected chi connectivity index (χ0v) is 14.3. The number of rotatable bonds is 0. The second-order valence-corrected chi connectivity index (χ2v) is 4.76. The molecule has 0 radical (unpaired) electrons. The van der Waals surface area contributed by atoms with Gasteiger partial charge in [0.2, 0.25) is 0 Å². The van der Waals surface area contributed by atoms with E-state index in [2.05, 4.69) is 65.8 Å². The number of allylic oxidation sites excluding steroid dienone is 4. The minimum absolute atomic E-state index is 0. The SMILES string of the molecule is CC1=[C-]C(C)C(C)=C1C.Cc1cc[c-](C)c1.[Zr+2]. The average Bonchev–Trinajstić information content (AvgIpc) is 2.68. The minimum Gasteiger partial charge on any atom is -0.266 e. The van der Waals surface area contributed by atoms with E-state index < -0.39 is 0 Å². The zero-order chi connectivity index (χ0) is 12.3. The molecule has 0 spiro atoms. The molecule has 1 aromatic carbocycles. The molecule has 0 bridgehead atoms. The fraction of sp³-hybridized carbons (Fsp3) is 0.438. The molecule has 0 N–H and O–H groups in total. The maximum absolute atomic E-state index is 3.36. The molecule has 1 aromatic rings. The summed E-state index contributed by atoms with van der Waals surface area (Å²) in [5.74, 6) is 0.560. The van der Waals surface area contributed by atoms with E-state index in [1.165, 1.54) is 27.8 Å². The molecular formula is C16H22Zr. The third-order valence-corrected chi connectivity index (χ3v) is 3.30. The number of hydrogen-bond acceptors (Lipinski definition) is 0. The second-order valence-electron chi connectivity index (χ2n) is 4.76. The van der Waals surface area contributed by atoms with Crippen molar-refractivity contribution >= 4 is 0 Å².